The van der Waals surface area contributed by atoms with Crippen LogP contribution in [-0.4, -0.2) is 48.0 Å². The Bertz CT molecular complexity index is 872. The third-order valence-corrected chi connectivity index (χ3v) is 5.14. The zero-order chi connectivity index (χ0) is 18.8. The number of H-pyrrole nitrogens is 1. The maximum absolute atomic E-state index is 12.9. The standard InChI is InChI=1S/C20H26N4O2/c1-13-10-17(19(25)22-14(13)2)20(26)24-9-5-6-16(12-24)15-7-8-21-18(11-15)23(3)4/h7-8,10-11,16H,5-6,9,12H2,1-4H3,(H,22,25). The van der Waals surface area contributed by atoms with Crippen molar-refractivity contribution in [3.8, 4) is 0 Å². The molecule has 0 saturated carbocycles. The van der Waals surface area contributed by atoms with Crippen LogP contribution >= 0.6 is 0 Å². The minimum Gasteiger partial charge on any atom is -0.363 e. The summed E-state index contributed by atoms with van der Waals surface area (Å²) in [6.07, 6.45) is 3.78. The highest BCUT2D eigenvalue weighted by molar-refractivity contribution is 5.94. The number of hydrogen-bond acceptors (Lipinski definition) is 4. The fraction of sp³-hybridized carbons (Fsp3) is 0.450. The lowest BCUT2D eigenvalue weighted by Crippen LogP contribution is -2.41. The van der Waals surface area contributed by atoms with Crippen LogP contribution in [-0.2, 0) is 0 Å². The summed E-state index contributed by atoms with van der Waals surface area (Å²) in [7, 11) is 3.93. The zero-order valence-corrected chi connectivity index (χ0v) is 15.9. The number of aromatic amines is 1. The number of nitrogens with zero attached hydrogens (tertiary/aromatic N) is 3. The molecule has 0 radical (unpaired) electrons. The maximum atomic E-state index is 12.9. The number of amides is 1. The van der Waals surface area contributed by atoms with E-state index in [1.165, 1.54) is 5.56 Å². The molecule has 0 spiro atoms. The molecule has 0 aromatic carbocycles. The summed E-state index contributed by atoms with van der Waals surface area (Å²) in [5, 5.41) is 0. The topological polar surface area (TPSA) is 69.3 Å². The van der Waals surface area contributed by atoms with Gasteiger partial charge in [0.1, 0.15) is 11.4 Å². The first-order chi connectivity index (χ1) is 12.4. The molecule has 1 unspecified atom stereocenters. The van der Waals surface area contributed by atoms with Gasteiger partial charge >= 0.3 is 0 Å². The molecular formula is C20H26N4O2. The predicted octanol–water partition coefficient (Wildman–Crippen LogP) is 2.47. The third-order valence-electron chi connectivity index (χ3n) is 5.14. The Kier molecular flexibility index (Phi) is 5.11. The van der Waals surface area contributed by atoms with Crippen LogP contribution in [0.2, 0.25) is 0 Å². The van der Waals surface area contributed by atoms with Crippen LogP contribution in [0.1, 0.15) is 45.9 Å². The fourth-order valence-electron chi connectivity index (χ4n) is 3.42. The summed E-state index contributed by atoms with van der Waals surface area (Å²) in [6.45, 7) is 5.06. The predicted molar refractivity (Wildman–Crippen MR) is 103 cm³/mol. The SMILES string of the molecule is Cc1cc(C(=O)N2CCCC(c3ccnc(N(C)C)c3)C2)c(=O)[nH]c1C. The van der Waals surface area contributed by atoms with Crippen molar-refractivity contribution < 1.29 is 4.79 Å². The number of aromatic nitrogens is 2. The van der Waals surface area contributed by atoms with Crippen molar-refractivity contribution in [1.29, 1.82) is 0 Å². The van der Waals surface area contributed by atoms with Gasteiger partial charge in [-0.3, -0.25) is 9.59 Å². The summed E-state index contributed by atoms with van der Waals surface area (Å²) in [6, 6.07) is 5.81. The monoisotopic (exact) mass is 354 g/mol. The van der Waals surface area contributed by atoms with E-state index < -0.39 is 0 Å². The van der Waals surface area contributed by atoms with E-state index in [-0.39, 0.29) is 22.9 Å². The quantitative estimate of drug-likeness (QED) is 0.919. The van der Waals surface area contributed by atoms with Gasteiger partial charge in [-0.05, 0) is 56.0 Å². The van der Waals surface area contributed by atoms with Crippen molar-refractivity contribution in [3.05, 3.63) is 57.1 Å². The fourth-order valence-corrected chi connectivity index (χ4v) is 3.42. The first-order valence-electron chi connectivity index (χ1n) is 9.00. The first-order valence-corrected chi connectivity index (χ1v) is 9.00. The van der Waals surface area contributed by atoms with E-state index in [1.807, 2.05) is 50.0 Å². The minimum atomic E-state index is -0.306. The number of pyridine rings is 2. The van der Waals surface area contributed by atoms with Gasteiger partial charge in [-0.2, -0.15) is 0 Å². The average molecular weight is 354 g/mol. The average Bonchev–Trinajstić information content (AvgIpc) is 2.64. The Balaban J connectivity index is 1.82. The molecule has 1 fully saturated rings. The molecule has 2 aromatic rings. The lowest BCUT2D eigenvalue weighted by atomic mass is 9.90. The molecule has 6 nitrogen and oxygen atoms in total. The van der Waals surface area contributed by atoms with E-state index in [0.717, 1.165) is 29.9 Å². The van der Waals surface area contributed by atoms with Gasteiger partial charge in [-0.15, -0.1) is 0 Å². The van der Waals surface area contributed by atoms with E-state index in [0.29, 0.717) is 13.1 Å². The van der Waals surface area contributed by atoms with E-state index in [1.54, 1.807) is 6.07 Å². The molecule has 2 aromatic heterocycles. The number of carbonyl (C=O) groups excluding carboxylic acids is 1. The number of piperidine rings is 1. The van der Waals surface area contributed by atoms with Gasteiger partial charge in [0.15, 0.2) is 0 Å². The minimum absolute atomic E-state index is 0.180. The Morgan fingerprint density at radius 3 is 2.81 bits per heavy atom. The van der Waals surface area contributed by atoms with Crippen LogP contribution in [0, 0.1) is 13.8 Å². The lowest BCUT2D eigenvalue weighted by Gasteiger charge is -2.33. The van der Waals surface area contributed by atoms with Crippen LogP contribution in [0.5, 0.6) is 0 Å². The second-order valence-corrected chi connectivity index (χ2v) is 7.25. The van der Waals surface area contributed by atoms with Crippen molar-refractivity contribution >= 4 is 11.7 Å². The smallest absolute Gasteiger partial charge is 0.261 e. The van der Waals surface area contributed by atoms with E-state index in [9.17, 15) is 9.59 Å². The van der Waals surface area contributed by atoms with Crippen LogP contribution in [0.4, 0.5) is 5.82 Å². The van der Waals surface area contributed by atoms with Crippen molar-refractivity contribution in [1.82, 2.24) is 14.9 Å². The van der Waals surface area contributed by atoms with Crippen LogP contribution in [0.25, 0.3) is 0 Å². The van der Waals surface area contributed by atoms with Gasteiger partial charge in [-0.1, -0.05) is 0 Å². The van der Waals surface area contributed by atoms with Gasteiger partial charge in [0.05, 0.1) is 0 Å². The third kappa shape index (κ3) is 3.64. The highest BCUT2D eigenvalue weighted by Crippen LogP contribution is 2.28. The number of rotatable bonds is 3. The molecule has 1 N–H and O–H groups in total. The Hall–Kier alpha value is -2.63. The van der Waals surface area contributed by atoms with Gasteiger partial charge < -0.3 is 14.8 Å². The van der Waals surface area contributed by atoms with Crippen molar-refractivity contribution in [3.63, 3.8) is 0 Å². The molecule has 1 atom stereocenters. The summed E-state index contributed by atoms with van der Waals surface area (Å²) in [4.78, 5) is 36.1. The molecule has 138 valence electrons. The number of likely N-dealkylation sites (tertiary alicyclic amines) is 1. The summed E-state index contributed by atoms with van der Waals surface area (Å²) >= 11 is 0. The molecule has 26 heavy (non-hydrogen) atoms. The summed E-state index contributed by atoms with van der Waals surface area (Å²) in [5.41, 5.74) is 2.84. The van der Waals surface area contributed by atoms with Crippen molar-refractivity contribution in [2.45, 2.75) is 32.6 Å². The Morgan fingerprint density at radius 1 is 1.31 bits per heavy atom. The molecule has 0 aliphatic carbocycles. The van der Waals surface area contributed by atoms with E-state index in [4.69, 9.17) is 0 Å². The molecule has 1 amide bonds. The molecule has 1 aliphatic heterocycles. The van der Waals surface area contributed by atoms with Crippen molar-refractivity contribution in [2.24, 2.45) is 0 Å². The Labute approximate surface area is 153 Å². The van der Waals surface area contributed by atoms with Gasteiger partial charge in [0.2, 0.25) is 0 Å². The molecule has 3 rings (SSSR count). The van der Waals surface area contributed by atoms with Gasteiger partial charge in [-0.25, -0.2) is 4.98 Å². The van der Waals surface area contributed by atoms with Crippen LogP contribution in [0.3, 0.4) is 0 Å². The number of nitrogens with one attached hydrogen (secondary N) is 1. The normalized spacial score (nSPS) is 17.2. The summed E-state index contributed by atoms with van der Waals surface area (Å²) in [5.74, 6) is 0.998. The second-order valence-electron chi connectivity index (χ2n) is 7.25. The summed E-state index contributed by atoms with van der Waals surface area (Å²) < 4.78 is 0. The molecule has 1 saturated heterocycles. The largest absolute Gasteiger partial charge is 0.363 e. The maximum Gasteiger partial charge on any atom is 0.261 e. The number of anilines is 1. The molecule has 1 aliphatic rings. The van der Waals surface area contributed by atoms with Crippen LogP contribution < -0.4 is 10.5 Å². The highest BCUT2D eigenvalue weighted by atomic mass is 16.2. The van der Waals surface area contributed by atoms with Crippen LogP contribution in [0.15, 0.2) is 29.2 Å². The molecule has 3 heterocycles. The van der Waals surface area contributed by atoms with Crippen molar-refractivity contribution in [2.75, 3.05) is 32.1 Å². The van der Waals surface area contributed by atoms with Gasteiger partial charge in [0, 0.05) is 45.0 Å². The van der Waals surface area contributed by atoms with Gasteiger partial charge in [0.25, 0.3) is 11.5 Å². The number of hydrogen-bond donors (Lipinski definition) is 1. The first kappa shape index (κ1) is 18.2. The molecular weight excluding hydrogens is 328 g/mol. The Morgan fingerprint density at radius 2 is 2.08 bits per heavy atom. The number of aryl methyl sites for hydroxylation is 2. The van der Waals surface area contributed by atoms with E-state index in [2.05, 4.69) is 16.0 Å². The highest BCUT2D eigenvalue weighted by Gasteiger charge is 2.27. The van der Waals surface area contributed by atoms with E-state index >= 15 is 0 Å². The lowest BCUT2D eigenvalue weighted by molar-refractivity contribution is 0.0705. The molecule has 0 bridgehead atoms. The zero-order valence-electron chi connectivity index (χ0n) is 15.9. The second kappa shape index (κ2) is 7.32. The number of carbonyl (C=O) groups is 1. The molecule has 6 heteroatoms.